The highest BCUT2D eigenvalue weighted by molar-refractivity contribution is 7.90. The lowest BCUT2D eigenvalue weighted by Gasteiger charge is -2.18. The summed E-state index contributed by atoms with van der Waals surface area (Å²) in [6.45, 7) is 0.961. The molecule has 0 spiro atoms. The second kappa shape index (κ2) is 5.29. The van der Waals surface area contributed by atoms with E-state index in [1.807, 2.05) is 42.5 Å². The fourth-order valence-corrected chi connectivity index (χ4v) is 3.92. The van der Waals surface area contributed by atoms with Crippen molar-refractivity contribution in [3.8, 4) is 0 Å². The van der Waals surface area contributed by atoms with Gasteiger partial charge in [-0.25, -0.2) is 8.42 Å². The Kier molecular flexibility index (Phi) is 3.49. The molecule has 0 bridgehead atoms. The van der Waals surface area contributed by atoms with Crippen molar-refractivity contribution in [3.05, 3.63) is 59.7 Å². The third kappa shape index (κ3) is 2.70. The quantitative estimate of drug-likeness (QED) is 0.944. The van der Waals surface area contributed by atoms with Crippen molar-refractivity contribution in [3.63, 3.8) is 0 Å². The number of benzene rings is 2. The minimum Gasteiger partial charge on any atom is -0.385 e. The first-order valence-corrected chi connectivity index (χ1v) is 8.44. The van der Waals surface area contributed by atoms with E-state index in [1.54, 1.807) is 6.07 Å². The van der Waals surface area contributed by atoms with Crippen LogP contribution in [0.4, 0.5) is 5.69 Å². The predicted octanol–water partition coefficient (Wildman–Crippen LogP) is 3.02. The molecule has 1 aliphatic heterocycles. The van der Waals surface area contributed by atoms with E-state index in [-0.39, 0.29) is 5.75 Å². The highest BCUT2D eigenvalue weighted by atomic mass is 32.2. The SMILES string of the molecule is O=S(=O)(Cc1ccccc1)c1ccc2c(c1)CCCN2. The summed E-state index contributed by atoms with van der Waals surface area (Å²) in [5.41, 5.74) is 2.99. The van der Waals surface area contributed by atoms with Gasteiger partial charge in [-0.1, -0.05) is 30.3 Å². The van der Waals surface area contributed by atoms with Crippen molar-refractivity contribution in [2.75, 3.05) is 11.9 Å². The second-order valence-electron chi connectivity index (χ2n) is 5.09. The predicted molar refractivity (Wildman–Crippen MR) is 80.6 cm³/mol. The van der Waals surface area contributed by atoms with E-state index >= 15 is 0 Å². The molecule has 2 aromatic rings. The Morgan fingerprint density at radius 2 is 1.85 bits per heavy atom. The zero-order valence-corrected chi connectivity index (χ0v) is 12.0. The van der Waals surface area contributed by atoms with Crippen LogP contribution < -0.4 is 5.32 Å². The lowest BCUT2D eigenvalue weighted by atomic mass is 10.0. The van der Waals surface area contributed by atoms with Gasteiger partial charge in [0, 0.05) is 12.2 Å². The summed E-state index contributed by atoms with van der Waals surface area (Å²) in [7, 11) is -3.27. The Labute approximate surface area is 119 Å². The molecule has 0 saturated carbocycles. The number of fused-ring (bicyclic) bond motifs is 1. The molecule has 0 saturated heterocycles. The van der Waals surface area contributed by atoms with E-state index in [9.17, 15) is 8.42 Å². The molecule has 0 aliphatic carbocycles. The summed E-state index contributed by atoms with van der Waals surface area (Å²) in [5, 5.41) is 3.30. The number of anilines is 1. The van der Waals surface area contributed by atoms with E-state index in [1.165, 1.54) is 0 Å². The lowest BCUT2D eigenvalue weighted by Crippen LogP contribution is -2.13. The van der Waals surface area contributed by atoms with Crippen LogP contribution in [-0.4, -0.2) is 15.0 Å². The Balaban J connectivity index is 1.91. The summed E-state index contributed by atoms with van der Waals surface area (Å²) in [5.74, 6) is 0.0556. The Bertz CT molecular complexity index is 709. The standard InChI is InChI=1S/C16H17NO2S/c18-20(19,12-13-5-2-1-3-6-13)15-8-9-16-14(11-15)7-4-10-17-16/h1-3,5-6,8-9,11,17H,4,7,10,12H2. The van der Waals surface area contributed by atoms with Gasteiger partial charge in [-0.3, -0.25) is 0 Å². The monoisotopic (exact) mass is 287 g/mol. The van der Waals surface area contributed by atoms with Crippen molar-refractivity contribution in [2.24, 2.45) is 0 Å². The van der Waals surface area contributed by atoms with Gasteiger partial charge < -0.3 is 5.32 Å². The summed E-state index contributed by atoms with van der Waals surface area (Å²) < 4.78 is 24.9. The lowest BCUT2D eigenvalue weighted by molar-refractivity contribution is 0.595. The molecule has 4 heteroatoms. The summed E-state index contributed by atoms with van der Waals surface area (Å²) in [6, 6.07) is 14.7. The number of hydrogen-bond donors (Lipinski definition) is 1. The maximum Gasteiger partial charge on any atom is 0.182 e. The van der Waals surface area contributed by atoms with Crippen LogP contribution in [-0.2, 0) is 22.0 Å². The van der Waals surface area contributed by atoms with Crippen LogP contribution in [0.2, 0.25) is 0 Å². The first-order valence-electron chi connectivity index (χ1n) is 6.79. The number of nitrogens with one attached hydrogen (secondary N) is 1. The fourth-order valence-electron chi connectivity index (χ4n) is 2.52. The molecule has 1 heterocycles. The van der Waals surface area contributed by atoms with Gasteiger partial charge in [0.25, 0.3) is 0 Å². The van der Waals surface area contributed by atoms with E-state index in [4.69, 9.17) is 0 Å². The molecule has 2 aromatic carbocycles. The number of sulfone groups is 1. The van der Waals surface area contributed by atoms with Crippen LogP contribution in [0.15, 0.2) is 53.4 Å². The molecule has 0 radical (unpaired) electrons. The Hall–Kier alpha value is -1.81. The summed E-state index contributed by atoms with van der Waals surface area (Å²) >= 11 is 0. The average Bonchev–Trinajstić information content (AvgIpc) is 2.47. The molecule has 0 unspecified atom stereocenters. The Morgan fingerprint density at radius 1 is 1.05 bits per heavy atom. The van der Waals surface area contributed by atoms with Crippen molar-refractivity contribution in [1.29, 1.82) is 0 Å². The molecule has 0 aromatic heterocycles. The van der Waals surface area contributed by atoms with Crippen LogP contribution >= 0.6 is 0 Å². The van der Waals surface area contributed by atoms with Gasteiger partial charge in [0.1, 0.15) is 0 Å². The van der Waals surface area contributed by atoms with Crippen LogP contribution in [0.3, 0.4) is 0 Å². The molecule has 1 aliphatic rings. The van der Waals surface area contributed by atoms with E-state index in [0.29, 0.717) is 4.90 Å². The minimum atomic E-state index is -3.27. The smallest absolute Gasteiger partial charge is 0.182 e. The normalized spacial score (nSPS) is 14.4. The molecule has 3 nitrogen and oxygen atoms in total. The van der Waals surface area contributed by atoms with Gasteiger partial charge in [-0.2, -0.15) is 0 Å². The molecular weight excluding hydrogens is 270 g/mol. The van der Waals surface area contributed by atoms with Gasteiger partial charge in [-0.05, 0) is 42.2 Å². The zero-order valence-electron chi connectivity index (χ0n) is 11.2. The van der Waals surface area contributed by atoms with Crippen LogP contribution in [0, 0.1) is 0 Å². The van der Waals surface area contributed by atoms with Crippen molar-refractivity contribution in [1.82, 2.24) is 0 Å². The summed E-state index contributed by atoms with van der Waals surface area (Å²) in [4.78, 5) is 0.420. The van der Waals surface area contributed by atoms with Gasteiger partial charge >= 0.3 is 0 Å². The van der Waals surface area contributed by atoms with Crippen LogP contribution in [0.5, 0.6) is 0 Å². The van der Waals surface area contributed by atoms with Gasteiger partial charge in [0.2, 0.25) is 0 Å². The third-order valence-electron chi connectivity index (χ3n) is 3.57. The van der Waals surface area contributed by atoms with Crippen molar-refractivity contribution in [2.45, 2.75) is 23.5 Å². The van der Waals surface area contributed by atoms with E-state index in [2.05, 4.69) is 5.32 Å². The van der Waals surface area contributed by atoms with Gasteiger partial charge in [0.05, 0.1) is 10.6 Å². The molecular formula is C16H17NO2S. The first kappa shape index (κ1) is 13.2. The van der Waals surface area contributed by atoms with Gasteiger partial charge in [0.15, 0.2) is 9.84 Å². The van der Waals surface area contributed by atoms with Crippen LogP contribution in [0.25, 0.3) is 0 Å². The third-order valence-corrected chi connectivity index (χ3v) is 5.26. The highest BCUT2D eigenvalue weighted by Gasteiger charge is 2.18. The fraction of sp³-hybridized carbons (Fsp3) is 0.250. The molecule has 20 heavy (non-hydrogen) atoms. The topological polar surface area (TPSA) is 46.2 Å². The van der Waals surface area contributed by atoms with E-state index < -0.39 is 9.84 Å². The number of rotatable bonds is 3. The molecule has 3 rings (SSSR count). The molecule has 0 amide bonds. The van der Waals surface area contributed by atoms with E-state index in [0.717, 1.165) is 36.2 Å². The zero-order chi connectivity index (χ0) is 14.0. The number of hydrogen-bond acceptors (Lipinski definition) is 3. The van der Waals surface area contributed by atoms with Crippen molar-refractivity contribution < 1.29 is 8.42 Å². The molecule has 0 atom stereocenters. The molecule has 104 valence electrons. The molecule has 1 N–H and O–H groups in total. The maximum absolute atomic E-state index is 12.5. The second-order valence-corrected chi connectivity index (χ2v) is 7.08. The Morgan fingerprint density at radius 3 is 2.65 bits per heavy atom. The largest absolute Gasteiger partial charge is 0.385 e. The molecule has 0 fully saturated rings. The van der Waals surface area contributed by atoms with Gasteiger partial charge in [-0.15, -0.1) is 0 Å². The average molecular weight is 287 g/mol. The maximum atomic E-state index is 12.5. The summed E-state index contributed by atoms with van der Waals surface area (Å²) in [6.07, 6.45) is 1.99. The van der Waals surface area contributed by atoms with Crippen LogP contribution in [0.1, 0.15) is 17.5 Å². The number of aryl methyl sites for hydroxylation is 1. The minimum absolute atomic E-state index is 0.0556. The highest BCUT2D eigenvalue weighted by Crippen LogP contribution is 2.26. The first-order chi connectivity index (χ1) is 9.65. The van der Waals surface area contributed by atoms with Crippen molar-refractivity contribution >= 4 is 15.5 Å².